The molecule has 14 heteroatoms. The number of ether oxygens (including phenoxy) is 3. The first-order chi connectivity index (χ1) is 26.1. The van der Waals surface area contributed by atoms with Crippen molar-refractivity contribution in [2.75, 3.05) is 20.3 Å². The lowest BCUT2D eigenvalue weighted by molar-refractivity contribution is -0.152. The van der Waals surface area contributed by atoms with Crippen LogP contribution in [-0.4, -0.2) is 79.3 Å². The van der Waals surface area contributed by atoms with Crippen molar-refractivity contribution >= 4 is 44.4 Å². The summed E-state index contributed by atoms with van der Waals surface area (Å²) in [5.74, 6) is -2.46. The number of carbonyl (C=O) groups is 4. The van der Waals surface area contributed by atoms with Crippen LogP contribution in [0.1, 0.15) is 91.4 Å². The Hall–Kier alpha value is -4.07. The number of benzene rings is 1. The number of ketones is 1. The van der Waals surface area contributed by atoms with Gasteiger partial charge in [-0.1, -0.05) is 32.9 Å². The molecule has 4 fully saturated rings. The maximum atomic E-state index is 14.8. The van der Waals surface area contributed by atoms with Gasteiger partial charge >= 0.3 is 5.97 Å². The minimum atomic E-state index is -4.61. The highest BCUT2D eigenvalue weighted by atomic mass is 32.2. The SMILES string of the molecule is COc1ccc2c(O[C@@H]3C[C@H]4C(=O)C[C@]5(C(=O)NS(=O)(=O)C6(F)CC6)C[C@H]5/C=C\CC[C@@H](C)C[C@@H](C)[C@H](CC(=O)OCC5(C)CC5)C(=O)N4C3)nccc2c1. The fourth-order valence-corrected chi connectivity index (χ4v) is 9.60. The zero-order chi connectivity index (χ0) is 39.3. The number of methoxy groups -OCH3 is 1. The van der Waals surface area contributed by atoms with E-state index < -0.39 is 62.1 Å². The first-order valence-corrected chi connectivity index (χ1v) is 21.0. The summed E-state index contributed by atoms with van der Waals surface area (Å²) in [5.41, 5.74) is -1.45. The fraction of sp³-hybridized carbons (Fsp3) is 0.634. The van der Waals surface area contributed by atoms with Gasteiger partial charge in [-0.25, -0.2) is 22.5 Å². The normalized spacial score (nSPS) is 31.9. The predicted octanol–water partition coefficient (Wildman–Crippen LogP) is 5.82. The highest BCUT2D eigenvalue weighted by Crippen LogP contribution is 2.58. The van der Waals surface area contributed by atoms with E-state index in [1.165, 1.54) is 4.90 Å². The summed E-state index contributed by atoms with van der Waals surface area (Å²) in [6, 6.07) is 6.26. The third-order valence-corrected chi connectivity index (χ3v) is 14.4. The second-order valence-corrected chi connectivity index (χ2v) is 19.2. The van der Waals surface area contributed by atoms with Crippen molar-refractivity contribution in [3.05, 3.63) is 42.6 Å². The average Bonchev–Trinajstić information content (AvgIpc) is 4.11. The number of sulfonamides is 1. The molecule has 0 unspecified atom stereocenters. The van der Waals surface area contributed by atoms with Crippen LogP contribution in [-0.2, 0) is 33.9 Å². The van der Waals surface area contributed by atoms with Crippen LogP contribution in [0.3, 0.4) is 0 Å². The van der Waals surface area contributed by atoms with Gasteiger partial charge in [0, 0.05) is 42.7 Å². The lowest BCUT2D eigenvalue weighted by Crippen LogP contribution is -2.48. The Kier molecular flexibility index (Phi) is 10.5. The van der Waals surface area contributed by atoms with Gasteiger partial charge in [-0.15, -0.1) is 0 Å². The number of rotatable bonds is 10. The number of nitrogens with zero attached hydrogens (tertiary/aromatic N) is 2. The van der Waals surface area contributed by atoms with E-state index in [4.69, 9.17) is 14.2 Å². The van der Waals surface area contributed by atoms with Crippen molar-refractivity contribution in [3.63, 3.8) is 0 Å². The molecular formula is C41H52FN3O9S. The molecule has 3 heterocycles. The number of nitrogens with one attached hydrogen (secondary N) is 1. The molecule has 2 amide bonds. The zero-order valence-electron chi connectivity index (χ0n) is 32.1. The zero-order valence-corrected chi connectivity index (χ0v) is 32.9. The van der Waals surface area contributed by atoms with Crippen LogP contribution >= 0.6 is 0 Å². The summed E-state index contributed by atoms with van der Waals surface area (Å²) >= 11 is 0. The third kappa shape index (κ3) is 8.25. The van der Waals surface area contributed by atoms with Gasteiger partial charge in [0.1, 0.15) is 11.9 Å². The minimum Gasteiger partial charge on any atom is -0.497 e. The molecule has 7 atom stereocenters. The number of alkyl halides is 1. The lowest BCUT2D eigenvalue weighted by Gasteiger charge is -2.32. The number of Topliss-reactive ketones (excluding diaryl/α,β-unsaturated/α-hetero) is 1. The molecule has 55 heavy (non-hydrogen) atoms. The Morgan fingerprint density at radius 1 is 1.09 bits per heavy atom. The van der Waals surface area contributed by atoms with E-state index >= 15 is 0 Å². The number of carbonyl (C=O) groups excluding carboxylic acids is 4. The maximum Gasteiger partial charge on any atom is 0.306 e. The Bertz CT molecular complexity index is 2000. The highest BCUT2D eigenvalue weighted by molar-refractivity contribution is 7.91. The molecule has 5 aliphatic rings. The third-order valence-electron chi connectivity index (χ3n) is 12.6. The number of halogens is 1. The van der Waals surface area contributed by atoms with Crippen molar-refractivity contribution in [1.29, 1.82) is 0 Å². The van der Waals surface area contributed by atoms with E-state index in [0.29, 0.717) is 36.5 Å². The van der Waals surface area contributed by atoms with Crippen molar-refractivity contribution in [2.24, 2.45) is 34.5 Å². The molecule has 0 bridgehead atoms. The van der Waals surface area contributed by atoms with E-state index in [1.54, 1.807) is 19.4 Å². The number of aromatic nitrogens is 1. The molecule has 1 N–H and O–H groups in total. The monoisotopic (exact) mass is 781 g/mol. The average molecular weight is 782 g/mol. The van der Waals surface area contributed by atoms with Crippen molar-refractivity contribution in [2.45, 2.75) is 109 Å². The van der Waals surface area contributed by atoms with Crippen molar-refractivity contribution in [1.82, 2.24) is 14.6 Å². The van der Waals surface area contributed by atoms with Crippen LogP contribution < -0.4 is 14.2 Å². The summed E-state index contributed by atoms with van der Waals surface area (Å²) < 4.78 is 60.0. The Balaban J connectivity index is 1.20. The van der Waals surface area contributed by atoms with E-state index in [-0.39, 0.29) is 68.2 Å². The molecule has 3 aliphatic carbocycles. The minimum absolute atomic E-state index is 0.0244. The molecular weight excluding hydrogens is 730 g/mol. The number of hydrogen-bond donors (Lipinski definition) is 1. The van der Waals surface area contributed by atoms with Crippen LogP contribution in [0.4, 0.5) is 4.39 Å². The second kappa shape index (κ2) is 14.8. The van der Waals surface area contributed by atoms with Gasteiger partial charge in [0.2, 0.25) is 22.7 Å². The van der Waals surface area contributed by atoms with E-state index in [0.717, 1.165) is 24.6 Å². The van der Waals surface area contributed by atoms with Gasteiger partial charge in [-0.2, -0.15) is 0 Å². The first kappa shape index (κ1) is 39.2. The summed E-state index contributed by atoms with van der Waals surface area (Å²) in [6.45, 7) is 6.43. The van der Waals surface area contributed by atoms with Gasteiger partial charge in [0.25, 0.3) is 10.0 Å². The Morgan fingerprint density at radius 2 is 1.85 bits per heavy atom. The molecule has 7 rings (SSSR count). The smallest absolute Gasteiger partial charge is 0.306 e. The molecule has 0 radical (unpaired) electrons. The second-order valence-electron chi connectivity index (χ2n) is 17.2. The number of pyridine rings is 1. The van der Waals surface area contributed by atoms with Gasteiger partial charge in [-0.05, 0) is 85.9 Å². The standard InChI is InChI=1S/C41H52FN3O9S/c1-25-7-5-6-8-28-21-40(28,38(49)44-55(50,51)41(42)14-15-41)22-34(46)33-19-30(54-36-31-10-9-29(52-4)18-27(31)11-16-43-36)23-45(33)37(48)32(26(2)17-25)20-35(47)53-24-39(3)12-13-39/h6,8-11,16,18,25-26,28,30,32-33H,5,7,12-15,17,19-24H2,1-4H3,(H,44,49)/b8-6-/t25-,26-,28-,30-,32+,33+,40-/m1/s1. The molecule has 3 saturated carbocycles. The first-order valence-electron chi connectivity index (χ1n) is 19.6. The fourth-order valence-electron chi connectivity index (χ4n) is 8.33. The Morgan fingerprint density at radius 3 is 2.56 bits per heavy atom. The van der Waals surface area contributed by atoms with Crippen LogP contribution in [0.25, 0.3) is 10.8 Å². The van der Waals surface area contributed by atoms with Crippen LogP contribution in [0, 0.1) is 34.5 Å². The highest BCUT2D eigenvalue weighted by Gasteiger charge is 2.64. The largest absolute Gasteiger partial charge is 0.497 e. The van der Waals surface area contributed by atoms with Crippen LogP contribution in [0.15, 0.2) is 42.6 Å². The van der Waals surface area contributed by atoms with E-state index in [1.807, 2.05) is 42.0 Å². The maximum absolute atomic E-state index is 14.8. The number of hydrogen-bond acceptors (Lipinski definition) is 10. The number of esters is 1. The molecule has 2 aliphatic heterocycles. The number of amides is 2. The van der Waals surface area contributed by atoms with E-state index in [2.05, 4.69) is 18.8 Å². The van der Waals surface area contributed by atoms with Gasteiger partial charge < -0.3 is 19.1 Å². The van der Waals surface area contributed by atoms with E-state index in [9.17, 15) is 32.0 Å². The summed E-state index contributed by atoms with van der Waals surface area (Å²) in [5, 5.41) is -0.963. The summed E-state index contributed by atoms with van der Waals surface area (Å²) in [4.78, 5) is 62.5. The number of allylic oxidation sites excluding steroid dienone is 2. The lowest BCUT2D eigenvalue weighted by atomic mass is 9.82. The Labute approximate surface area is 322 Å². The number of fused-ring (bicyclic) bond motifs is 3. The van der Waals surface area contributed by atoms with Gasteiger partial charge in [0.05, 0.1) is 44.1 Å². The molecule has 2 aromatic rings. The van der Waals surface area contributed by atoms with Crippen molar-refractivity contribution in [3.8, 4) is 11.6 Å². The molecule has 1 aromatic carbocycles. The van der Waals surface area contributed by atoms with Crippen LogP contribution in [0.5, 0.6) is 11.6 Å². The molecule has 0 spiro atoms. The predicted molar refractivity (Wildman–Crippen MR) is 201 cm³/mol. The van der Waals surface area contributed by atoms with Gasteiger partial charge in [0.15, 0.2) is 5.78 Å². The van der Waals surface area contributed by atoms with Crippen molar-refractivity contribution < 1.29 is 46.2 Å². The summed E-state index contributed by atoms with van der Waals surface area (Å²) in [6.07, 6.45) is 8.21. The topological polar surface area (TPSA) is 158 Å². The molecule has 1 saturated heterocycles. The molecule has 12 nitrogen and oxygen atoms in total. The van der Waals surface area contributed by atoms with Gasteiger partial charge in [-0.3, -0.25) is 19.2 Å². The molecule has 298 valence electrons. The molecule has 1 aromatic heterocycles. The van der Waals surface area contributed by atoms with Crippen LogP contribution in [0.2, 0.25) is 0 Å². The quantitative estimate of drug-likeness (QED) is 0.230. The summed E-state index contributed by atoms with van der Waals surface area (Å²) in [7, 11) is -3.03.